The first-order valence-corrected chi connectivity index (χ1v) is 5.16. The van der Waals surface area contributed by atoms with Gasteiger partial charge in [0.25, 0.3) is 0 Å². The third-order valence-electron chi connectivity index (χ3n) is 1.99. The van der Waals surface area contributed by atoms with Crippen molar-refractivity contribution in [2.24, 2.45) is 0 Å². The Morgan fingerprint density at radius 1 is 1.53 bits per heavy atom. The fourth-order valence-electron chi connectivity index (χ4n) is 1.14. The highest BCUT2D eigenvalue weighted by atomic mass is 35.5. The van der Waals surface area contributed by atoms with Crippen LogP contribution >= 0.6 is 11.6 Å². The van der Waals surface area contributed by atoms with Crippen LogP contribution in [0.1, 0.15) is 19.2 Å². The summed E-state index contributed by atoms with van der Waals surface area (Å²) in [5.41, 5.74) is 0. The second-order valence-electron chi connectivity index (χ2n) is 3.15. The summed E-state index contributed by atoms with van der Waals surface area (Å²) in [6, 6.07) is 3.80. The lowest BCUT2D eigenvalue weighted by atomic mass is 10.4. The van der Waals surface area contributed by atoms with Crippen LogP contribution in [0, 0.1) is 11.3 Å². The van der Waals surface area contributed by atoms with Crippen LogP contribution < -0.4 is 4.90 Å². The third kappa shape index (κ3) is 3.37. The summed E-state index contributed by atoms with van der Waals surface area (Å²) in [5, 5.41) is 8.93. The predicted octanol–water partition coefficient (Wildman–Crippen LogP) is 2.04. The Morgan fingerprint density at radius 3 is 2.87 bits per heavy atom. The highest BCUT2D eigenvalue weighted by Gasteiger charge is 2.06. The molecule has 1 aromatic heterocycles. The SMILES string of the molecule is CCc1nc(Cl)cc(N(C)CCC#N)n1. The second-order valence-corrected chi connectivity index (χ2v) is 3.54. The number of nitriles is 1. The standard InChI is InChI=1S/C10H13ClN4/c1-3-9-13-8(11)7-10(14-9)15(2)6-4-5-12/h7H,3-4,6H2,1-2H3. The van der Waals surface area contributed by atoms with Crippen LogP contribution in [-0.4, -0.2) is 23.6 Å². The number of aromatic nitrogens is 2. The summed E-state index contributed by atoms with van der Waals surface area (Å²) >= 11 is 5.86. The lowest BCUT2D eigenvalue weighted by molar-refractivity contribution is 0.853. The molecule has 0 aliphatic carbocycles. The Bertz CT molecular complexity index is 372. The summed E-state index contributed by atoms with van der Waals surface area (Å²) in [6.45, 7) is 2.62. The molecule has 0 saturated carbocycles. The van der Waals surface area contributed by atoms with Crippen molar-refractivity contribution in [2.45, 2.75) is 19.8 Å². The average Bonchev–Trinajstić information content (AvgIpc) is 2.24. The molecule has 0 aliphatic rings. The Kier molecular flexibility index (Phi) is 4.32. The van der Waals surface area contributed by atoms with Crippen LogP contribution in [0.2, 0.25) is 5.15 Å². The van der Waals surface area contributed by atoms with E-state index in [1.165, 1.54) is 0 Å². The van der Waals surface area contributed by atoms with Gasteiger partial charge < -0.3 is 4.90 Å². The van der Waals surface area contributed by atoms with E-state index >= 15 is 0 Å². The number of rotatable bonds is 4. The first-order chi connectivity index (χ1) is 7.17. The molecule has 5 heteroatoms. The molecular formula is C10H13ClN4. The van der Waals surface area contributed by atoms with Gasteiger partial charge in [0.2, 0.25) is 0 Å². The maximum atomic E-state index is 8.48. The molecule has 0 radical (unpaired) electrons. The van der Waals surface area contributed by atoms with Crippen molar-refractivity contribution in [3.05, 3.63) is 17.0 Å². The molecule has 15 heavy (non-hydrogen) atoms. The van der Waals surface area contributed by atoms with Crippen LogP contribution in [0.4, 0.5) is 5.82 Å². The van der Waals surface area contributed by atoms with Crippen LogP contribution in [0.25, 0.3) is 0 Å². The topological polar surface area (TPSA) is 52.8 Å². The molecule has 0 unspecified atom stereocenters. The van der Waals surface area contributed by atoms with E-state index in [0.29, 0.717) is 18.1 Å². The van der Waals surface area contributed by atoms with Crippen LogP contribution in [-0.2, 0) is 6.42 Å². The normalized spacial score (nSPS) is 9.73. The quantitative estimate of drug-likeness (QED) is 0.735. The maximum absolute atomic E-state index is 8.48. The van der Waals surface area contributed by atoms with Crippen LogP contribution in [0.3, 0.4) is 0 Å². The monoisotopic (exact) mass is 224 g/mol. The van der Waals surface area contributed by atoms with Gasteiger partial charge in [-0.25, -0.2) is 9.97 Å². The van der Waals surface area contributed by atoms with Crippen molar-refractivity contribution in [2.75, 3.05) is 18.5 Å². The predicted molar refractivity (Wildman–Crippen MR) is 59.9 cm³/mol. The Morgan fingerprint density at radius 2 is 2.27 bits per heavy atom. The van der Waals surface area contributed by atoms with Gasteiger partial charge in [-0.2, -0.15) is 5.26 Å². The van der Waals surface area contributed by atoms with Crippen molar-refractivity contribution in [3.8, 4) is 6.07 Å². The maximum Gasteiger partial charge on any atom is 0.134 e. The number of hydrogen-bond acceptors (Lipinski definition) is 4. The van der Waals surface area contributed by atoms with Crippen molar-refractivity contribution in [1.29, 1.82) is 5.26 Å². The third-order valence-corrected chi connectivity index (χ3v) is 2.19. The van der Waals surface area contributed by atoms with Crippen LogP contribution in [0.15, 0.2) is 6.07 Å². The first kappa shape index (κ1) is 11.7. The average molecular weight is 225 g/mol. The molecule has 0 bridgehead atoms. The smallest absolute Gasteiger partial charge is 0.134 e. The molecular weight excluding hydrogens is 212 g/mol. The number of anilines is 1. The Balaban J connectivity index is 2.84. The van der Waals surface area contributed by atoms with Crippen LogP contribution in [0.5, 0.6) is 0 Å². The molecule has 0 spiro atoms. The van der Waals surface area contributed by atoms with E-state index in [0.717, 1.165) is 18.1 Å². The van der Waals surface area contributed by atoms with Gasteiger partial charge in [-0.05, 0) is 0 Å². The lowest BCUT2D eigenvalue weighted by Gasteiger charge is -2.16. The number of nitrogens with zero attached hydrogens (tertiary/aromatic N) is 4. The van der Waals surface area contributed by atoms with Gasteiger partial charge >= 0.3 is 0 Å². The van der Waals surface area contributed by atoms with Gasteiger partial charge in [-0.3, -0.25) is 0 Å². The van der Waals surface area contributed by atoms with Crippen molar-refractivity contribution >= 4 is 17.4 Å². The van der Waals surface area contributed by atoms with Gasteiger partial charge in [-0.1, -0.05) is 18.5 Å². The van der Waals surface area contributed by atoms with E-state index < -0.39 is 0 Å². The fourth-order valence-corrected chi connectivity index (χ4v) is 1.33. The molecule has 0 aliphatic heterocycles. The lowest BCUT2D eigenvalue weighted by Crippen LogP contribution is -2.20. The first-order valence-electron chi connectivity index (χ1n) is 4.79. The summed E-state index contributed by atoms with van der Waals surface area (Å²) in [5.74, 6) is 1.49. The fraction of sp³-hybridized carbons (Fsp3) is 0.500. The summed E-state index contributed by atoms with van der Waals surface area (Å²) in [6.07, 6.45) is 1.22. The van der Waals surface area contributed by atoms with E-state index in [9.17, 15) is 0 Å². The molecule has 1 aromatic rings. The zero-order chi connectivity index (χ0) is 11.3. The molecule has 0 saturated heterocycles. The Labute approximate surface area is 94.5 Å². The highest BCUT2D eigenvalue weighted by Crippen LogP contribution is 2.15. The largest absolute Gasteiger partial charge is 0.358 e. The Hall–Kier alpha value is -1.34. The minimum Gasteiger partial charge on any atom is -0.358 e. The van der Waals surface area contributed by atoms with E-state index in [1.807, 2.05) is 18.9 Å². The molecule has 80 valence electrons. The highest BCUT2D eigenvalue weighted by molar-refractivity contribution is 6.29. The zero-order valence-corrected chi connectivity index (χ0v) is 9.62. The van der Waals surface area contributed by atoms with Gasteiger partial charge in [0, 0.05) is 26.1 Å². The molecule has 0 atom stereocenters. The molecule has 0 amide bonds. The van der Waals surface area contributed by atoms with Crippen molar-refractivity contribution in [1.82, 2.24) is 9.97 Å². The van der Waals surface area contributed by atoms with Gasteiger partial charge in [-0.15, -0.1) is 0 Å². The summed E-state index contributed by atoms with van der Waals surface area (Å²) < 4.78 is 0. The van der Waals surface area contributed by atoms with Crippen molar-refractivity contribution in [3.63, 3.8) is 0 Å². The number of halogens is 1. The van der Waals surface area contributed by atoms with Crippen molar-refractivity contribution < 1.29 is 0 Å². The molecule has 0 N–H and O–H groups in total. The van der Waals surface area contributed by atoms with E-state index in [-0.39, 0.29) is 0 Å². The zero-order valence-electron chi connectivity index (χ0n) is 8.87. The second kappa shape index (κ2) is 5.52. The van der Waals surface area contributed by atoms with E-state index in [2.05, 4.69) is 16.0 Å². The minimum atomic E-state index is 0.445. The minimum absolute atomic E-state index is 0.445. The molecule has 1 rings (SSSR count). The molecule has 1 heterocycles. The molecule has 0 aromatic carbocycles. The summed E-state index contributed by atoms with van der Waals surface area (Å²) in [4.78, 5) is 10.3. The van der Waals surface area contributed by atoms with Gasteiger partial charge in [0.15, 0.2) is 0 Å². The van der Waals surface area contributed by atoms with E-state index in [1.54, 1.807) is 6.07 Å². The molecule has 0 fully saturated rings. The van der Waals surface area contributed by atoms with E-state index in [4.69, 9.17) is 16.9 Å². The van der Waals surface area contributed by atoms with Gasteiger partial charge in [0.05, 0.1) is 12.5 Å². The summed E-state index contributed by atoms with van der Waals surface area (Å²) in [7, 11) is 1.88. The number of aryl methyl sites for hydroxylation is 1. The number of hydrogen-bond donors (Lipinski definition) is 0. The van der Waals surface area contributed by atoms with Gasteiger partial charge in [0.1, 0.15) is 16.8 Å². The molecule has 4 nitrogen and oxygen atoms in total.